The molecule has 0 fully saturated rings. The molecular formula is C16H10N6O4. The Labute approximate surface area is 144 Å². The zero-order valence-electron chi connectivity index (χ0n) is 13.0. The monoisotopic (exact) mass is 350 g/mol. The third-order valence-corrected chi connectivity index (χ3v) is 3.79. The van der Waals surface area contributed by atoms with E-state index in [4.69, 9.17) is 0 Å². The van der Waals surface area contributed by atoms with Gasteiger partial charge in [-0.15, -0.1) is 0 Å². The SMILES string of the molecule is O=[N+]([O-])c1ccc2nc(C=Cc3nc4ccc([N+](=O)[O-])cc4[nH]3)[nH]c2c1. The number of fused-ring (bicyclic) bond motifs is 2. The minimum absolute atomic E-state index is 0.0180. The number of nitro benzene ring substituents is 2. The fourth-order valence-electron chi connectivity index (χ4n) is 2.58. The van der Waals surface area contributed by atoms with Crippen LogP contribution in [0.5, 0.6) is 0 Å². The molecule has 0 bridgehead atoms. The summed E-state index contributed by atoms with van der Waals surface area (Å²) in [6, 6.07) is 8.76. The first-order valence-electron chi connectivity index (χ1n) is 7.46. The predicted molar refractivity (Wildman–Crippen MR) is 94.4 cm³/mol. The van der Waals surface area contributed by atoms with Gasteiger partial charge in [-0.25, -0.2) is 9.97 Å². The number of aromatic nitrogens is 4. The Morgan fingerprint density at radius 1 is 0.769 bits per heavy atom. The van der Waals surface area contributed by atoms with Crippen molar-refractivity contribution in [2.24, 2.45) is 0 Å². The van der Waals surface area contributed by atoms with Crippen LogP contribution in [0.1, 0.15) is 11.6 Å². The molecular weight excluding hydrogens is 340 g/mol. The first-order chi connectivity index (χ1) is 12.5. The molecule has 0 saturated heterocycles. The van der Waals surface area contributed by atoms with Crippen LogP contribution in [0, 0.1) is 20.2 Å². The van der Waals surface area contributed by atoms with E-state index in [1.807, 2.05) is 0 Å². The number of imidazole rings is 2. The lowest BCUT2D eigenvalue weighted by Gasteiger charge is -1.89. The van der Waals surface area contributed by atoms with Gasteiger partial charge in [-0.2, -0.15) is 0 Å². The predicted octanol–water partition coefficient (Wildman–Crippen LogP) is 3.43. The molecule has 2 aromatic heterocycles. The van der Waals surface area contributed by atoms with Crippen LogP contribution in [0.4, 0.5) is 11.4 Å². The summed E-state index contributed by atoms with van der Waals surface area (Å²) in [7, 11) is 0. The van der Waals surface area contributed by atoms with Crippen LogP contribution in [0.15, 0.2) is 36.4 Å². The summed E-state index contributed by atoms with van der Waals surface area (Å²) >= 11 is 0. The molecule has 0 radical (unpaired) electrons. The number of hydrogen-bond donors (Lipinski definition) is 2. The second kappa shape index (κ2) is 5.77. The summed E-state index contributed by atoms with van der Waals surface area (Å²) < 4.78 is 0. The number of aromatic amines is 2. The maximum absolute atomic E-state index is 10.8. The highest BCUT2D eigenvalue weighted by atomic mass is 16.6. The van der Waals surface area contributed by atoms with E-state index in [9.17, 15) is 20.2 Å². The second-order valence-corrected chi connectivity index (χ2v) is 5.49. The summed E-state index contributed by atoms with van der Waals surface area (Å²) in [5.41, 5.74) is 2.29. The van der Waals surface area contributed by atoms with Gasteiger partial charge < -0.3 is 9.97 Å². The summed E-state index contributed by atoms with van der Waals surface area (Å²) in [6.45, 7) is 0. The van der Waals surface area contributed by atoms with E-state index in [-0.39, 0.29) is 11.4 Å². The van der Waals surface area contributed by atoms with Crippen molar-refractivity contribution in [3.05, 3.63) is 68.3 Å². The lowest BCUT2D eigenvalue weighted by atomic mass is 10.3. The van der Waals surface area contributed by atoms with E-state index in [0.717, 1.165) is 0 Å². The molecule has 4 rings (SSSR count). The van der Waals surface area contributed by atoms with E-state index in [1.54, 1.807) is 24.3 Å². The Hall–Kier alpha value is -4.08. The molecule has 0 saturated carbocycles. The minimum atomic E-state index is -0.469. The number of nitrogens with zero attached hydrogens (tertiary/aromatic N) is 4. The number of rotatable bonds is 4. The van der Waals surface area contributed by atoms with E-state index in [1.165, 1.54) is 24.3 Å². The summed E-state index contributed by atoms with van der Waals surface area (Å²) in [5.74, 6) is 1.01. The molecule has 4 aromatic rings. The van der Waals surface area contributed by atoms with Crippen LogP contribution in [0.3, 0.4) is 0 Å². The fraction of sp³-hybridized carbons (Fsp3) is 0. The van der Waals surface area contributed by atoms with Crippen LogP contribution < -0.4 is 0 Å². The molecule has 0 aliphatic rings. The highest BCUT2D eigenvalue weighted by molar-refractivity contribution is 5.82. The minimum Gasteiger partial charge on any atom is -0.338 e. The standard InChI is InChI=1S/C16H10N6O4/c23-21(24)9-1-3-11-13(7-9)19-15(17-11)5-6-16-18-12-4-2-10(22(25)26)8-14(12)20-16/h1-8H,(H,17,19)(H,18,20). The van der Waals surface area contributed by atoms with Gasteiger partial charge in [-0.05, 0) is 24.3 Å². The van der Waals surface area contributed by atoms with Crippen LogP contribution in [0.2, 0.25) is 0 Å². The number of benzene rings is 2. The molecule has 0 atom stereocenters. The van der Waals surface area contributed by atoms with E-state index in [0.29, 0.717) is 33.7 Å². The highest BCUT2D eigenvalue weighted by Crippen LogP contribution is 2.21. The molecule has 26 heavy (non-hydrogen) atoms. The van der Waals surface area contributed by atoms with Gasteiger partial charge in [0.2, 0.25) is 0 Å². The van der Waals surface area contributed by atoms with Crippen molar-refractivity contribution in [3.8, 4) is 0 Å². The smallest absolute Gasteiger partial charge is 0.271 e. The molecule has 0 amide bonds. The Balaban J connectivity index is 1.65. The molecule has 2 aromatic carbocycles. The van der Waals surface area contributed by atoms with E-state index in [2.05, 4.69) is 19.9 Å². The first-order valence-corrected chi connectivity index (χ1v) is 7.46. The molecule has 128 valence electrons. The zero-order valence-corrected chi connectivity index (χ0v) is 13.0. The molecule has 0 spiro atoms. The van der Waals surface area contributed by atoms with Gasteiger partial charge in [0.05, 0.1) is 31.9 Å². The van der Waals surface area contributed by atoms with Gasteiger partial charge in [0.15, 0.2) is 0 Å². The second-order valence-electron chi connectivity index (χ2n) is 5.49. The Kier molecular flexibility index (Phi) is 3.43. The average molecular weight is 350 g/mol. The number of H-pyrrole nitrogens is 2. The maximum atomic E-state index is 10.8. The molecule has 10 nitrogen and oxygen atoms in total. The van der Waals surface area contributed by atoms with Crippen LogP contribution in [-0.4, -0.2) is 29.8 Å². The van der Waals surface area contributed by atoms with Crippen LogP contribution >= 0.6 is 0 Å². The average Bonchev–Trinajstić information content (AvgIpc) is 3.21. The quantitative estimate of drug-likeness (QED) is 0.426. The maximum Gasteiger partial charge on any atom is 0.271 e. The van der Waals surface area contributed by atoms with Gasteiger partial charge in [0.25, 0.3) is 11.4 Å². The zero-order chi connectivity index (χ0) is 18.3. The number of non-ortho nitro benzene ring substituents is 2. The molecule has 0 aliphatic carbocycles. The van der Waals surface area contributed by atoms with E-state index < -0.39 is 9.85 Å². The number of nitrogens with one attached hydrogen (secondary N) is 2. The third kappa shape index (κ3) is 2.75. The lowest BCUT2D eigenvalue weighted by molar-refractivity contribution is -0.384. The Morgan fingerprint density at radius 3 is 1.58 bits per heavy atom. The Morgan fingerprint density at radius 2 is 1.19 bits per heavy atom. The lowest BCUT2D eigenvalue weighted by Crippen LogP contribution is -1.86. The number of nitro groups is 2. The van der Waals surface area contributed by atoms with Crippen LogP contribution in [-0.2, 0) is 0 Å². The van der Waals surface area contributed by atoms with Gasteiger partial charge in [-0.1, -0.05) is 0 Å². The normalized spacial score (nSPS) is 11.5. The first kappa shape index (κ1) is 15.4. The van der Waals surface area contributed by atoms with Gasteiger partial charge in [-0.3, -0.25) is 20.2 Å². The van der Waals surface area contributed by atoms with Crippen molar-refractivity contribution in [1.29, 1.82) is 0 Å². The molecule has 2 heterocycles. The van der Waals surface area contributed by atoms with Crippen molar-refractivity contribution in [2.75, 3.05) is 0 Å². The molecule has 2 N–H and O–H groups in total. The van der Waals surface area contributed by atoms with Gasteiger partial charge in [0.1, 0.15) is 11.6 Å². The van der Waals surface area contributed by atoms with Gasteiger partial charge in [0, 0.05) is 24.3 Å². The van der Waals surface area contributed by atoms with Crippen molar-refractivity contribution < 1.29 is 9.85 Å². The summed E-state index contributed by atoms with van der Waals surface area (Å²) in [5, 5.41) is 21.6. The number of hydrogen-bond acceptors (Lipinski definition) is 6. The third-order valence-electron chi connectivity index (χ3n) is 3.79. The largest absolute Gasteiger partial charge is 0.338 e. The van der Waals surface area contributed by atoms with Crippen molar-refractivity contribution in [2.45, 2.75) is 0 Å². The highest BCUT2D eigenvalue weighted by Gasteiger charge is 2.10. The molecule has 0 unspecified atom stereocenters. The Bertz CT molecular complexity index is 1110. The fourth-order valence-corrected chi connectivity index (χ4v) is 2.58. The van der Waals surface area contributed by atoms with Gasteiger partial charge >= 0.3 is 0 Å². The van der Waals surface area contributed by atoms with E-state index >= 15 is 0 Å². The van der Waals surface area contributed by atoms with Crippen molar-refractivity contribution in [3.63, 3.8) is 0 Å². The molecule has 0 aliphatic heterocycles. The summed E-state index contributed by atoms with van der Waals surface area (Å²) in [4.78, 5) is 35.3. The topological polar surface area (TPSA) is 144 Å². The summed E-state index contributed by atoms with van der Waals surface area (Å²) in [6.07, 6.45) is 3.33. The van der Waals surface area contributed by atoms with Crippen molar-refractivity contribution >= 4 is 45.6 Å². The van der Waals surface area contributed by atoms with Crippen molar-refractivity contribution in [1.82, 2.24) is 19.9 Å². The van der Waals surface area contributed by atoms with Crippen LogP contribution in [0.25, 0.3) is 34.2 Å². The molecule has 10 heteroatoms.